The molecule has 3 aliphatic rings. The minimum atomic E-state index is -0.146. The summed E-state index contributed by atoms with van der Waals surface area (Å²) in [5, 5.41) is 2.98. The van der Waals surface area contributed by atoms with E-state index in [0.717, 1.165) is 36.7 Å². The minimum Gasteiger partial charge on any atom is -0.365 e. The minimum absolute atomic E-state index is 0.0762. The number of carbonyl (C=O) groups is 2. The number of carbonyl (C=O) groups excluding carboxylic acids is 2. The topological polar surface area (TPSA) is 61.9 Å². The predicted molar refractivity (Wildman–Crippen MR) is 116 cm³/mol. The molecule has 2 heterocycles. The number of likely N-dealkylation sites (tertiary alicyclic amines) is 1. The van der Waals surface area contributed by atoms with Gasteiger partial charge in [-0.3, -0.25) is 9.59 Å². The number of benzene rings is 1. The monoisotopic (exact) mass is 413 g/mol. The maximum Gasteiger partial charge on any atom is 0.251 e. The van der Waals surface area contributed by atoms with E-state index in [1.165, 1.54) is 32.2 Å². The van der Waals surface area contributed by atoms with Gasteiger partial charge < -0.3 is 19.9 Å². The van der Waals surface area contributed by atoms with E-state index in [-0.39, 0.29) is 24.5 Å². The molecule has 1 N–H and O–H groups in total. The predicted octanol–water partition coefficient (Wildman–Crippen LogP) is 2.38. The van der Waals surface area contributed by atoms with Crippen LogP contribution >= 0.6 is 0 Å². The number of morpholine rings is 1. The normalized spacial score (nSPS) is 23.6. The fraction of sp³-hybridized carbons (Fsp3) is 0.667. The van der Waals surface area contributed by atoms with E-state index in [4.69, 9.17) is 4.74 Å². The van der Waals surface area contributed by atoms with Crippen molar-refractivity contribution in [1.29, 1.82) is 0 Å². The molecular formula is C24H35N3O3. The number of rotatable bonds is 7. The fourth-order valence-electron chi connectivity index (χ4n) is 4.72. The Kier molecular flexibility index (Phi) is 6.74. The first kappa shape index (κ1) is 21.3. The maximum atomic E-state index is 12.5. The molecule has 3 fully saturated rings. The van der Waals surface area contributed by atoms with E-state index in [2.05, 4.69) is 16.3 Å². The van der Waals surface area contributed by atoms with Crippen LogP contribution in [0.4, 0.5) is 0 Å². The van der Waals surface area contributed by atoms with Crippen molar-refractivity contribution in [3.8, 4) is 0 Å². The van der Waals surface area contributed by atoms with Crippen LogP contribution < -0.4 is 5.32 Å². The number of nitrogens with zero attached hydrogens (tertiary/aromatic N) is 2. The highest BCUT2D eigenvalue weighted by Gasteiger charge is 2.31. The van der Waals surface area contributed by atoms with Crippen molar-refractivity contribution in [2.75, 3.05) is 45.9 Å². The molecule has 0 bridgehead atoms. The van der Waals surface area contributed by atoms with Gasteiger partial charge in [-0.25, -0.2) is 0 Å². The molecule has 0 aromatic heterocycles. The van der Waals surface area contributed by atoms with Gasteiger partial charge in [0.25, 0.3) is 5.91 Å². The number of amides is 2. The van der Waals surface area contributed by atoms with Gasteiger partial charge in [0.2, 0.25) is 5.91 Å². The molecule has 1 aromatic rings. The Hall–Kier alpha value is -1.92. The number of hydrogen-bond donors (Lipinski definition) is 1. The molecule has 6 heteroatoms. The Morgan fingerprint density at radius 3 is 2.37 bits per heavy atom. The Bertz CT molecular complexity index is 749. The second kappa shape index (κ2) is 9.48. The SMILES string of the molecule is Cc1cc(C)cc(C(=O)NCC2CN(CC3CCN(CC4CC4)CC3)C(=O)CO2)c1. The van der Waals surface area contributed by atoms with Crippen LogP contribution in [-0.2, 0) is 9.53 Å². The number of piperidine rings is 1. The summed E-state index contributed by atoms with van der Waals surface area (Å²) in [7, 11) is 0. The van der Waals surface area contributed by atoms with Gasteiger partial charge >= 0.3 is 0 Å². The quantitative estimate of drug-likeness (QED) is 0.746. The zero-order valence-corrected chi connectivity index (χ0v) is 18.4. The van der Waals surface area contributed by atoms with Crippen LogP contribution in [0.1, 0.15) is 47.2 Å². The molecule has 1 saturated carbocycles. The zero-order chi connectivity index (χ0) is 21.1. The Morgan fingerprint density at radius 1 is 1.03 bits per heavy atom. The largest absolute Gasteiger partial charge is 0.365 e. The van der Waals surface area contributed by atoms with Crippen LogP contribution in [0.2, 0.25) is 0 Å². The van der Waals surface area contributed by atoms with Crippen LogP contribution in [0.5, 0.6) is 0 Å². The van der Waals surface area contributed by atoms with Gasteiger partial charge in [-0.2, -0.15) is 0 Å². The smallest absolute Gasteiger partial charge is 0.251 e. The lowest BCUT2D eigenvalue weighted by Gasteiger charge is -2.38. The standard InChI is InChI=1S/C24H35N3O3/c1-17-9-18(2)11-21(10-17)24(29)25-12-22-15-27(23(28)16-30-22)14-20-5-7-26(8-6-20)13-19-3-4-19/h9-11,19-20,22H,3-8,12-16H2,1-2H3,(H,25,29). The van der Waals surface area contributed by atoms with E-state index in [1.807, 2.05) is 30.9 Å². The van der Waals surface area contributed by atoms with Gasteiger partial charge in [0, 0.05) is 31.7 Å². The van der Waals surface area contributed by atoms with Crippen LogP contribution in [0.25, 0.3) is 0 Å². The molecule has 6 nitrogen and oxygen atoms in total. The molecule has 30 heavy (non-hydrogen) atoms. The summed E-state index contributed by atoms with van der Waals surface area (Å²) in [6.45, 7) is 9.51. The summed E-state index contributed by atoms with van der Waals surface area (Å²) >= 11 is 0. The highest BCUT2D eigenvalue weighted by Crippen LogP contribution is 2.31. The van der Waals surface area contributed by atoms with Crippen molar-refractivity contribution >= 4 is 11.8 Å². The van der Waals surface area contributed by atoms with Gasteiger partial charge in [-0.05, 0) is 76.6 Å². The maximum absolute atomic E-state index is 12.5. The molecule has 2 saturated heterocycles. The molecule has 2 amide bonds. The summed E-state index contributed by atoms with van der Waals surface area (Å²) in [5.41, 5.74) is 2.83. The van der Waals surface area contributed by atoms with Gasteiger partial charge in [0.1, 0.15) is 6.61 Å². The first-order chi connectivity index (χ1) is 14.5. The molecule has 1 unspecified atom stereocenters. The molecular weight excluding hydrogens is 378 g/mol. The van der Waals surface area contributed by atoms with Gasteiger partial charge in [0.05, 0.1) is 6.10 Å². The number of aryl methyl sites for hydroxylation is 2. The lowest BCUT2D eigenvalue weighted by atomic mass is 9.95. The molecule has 4 rings (SSSR count). The zero-order valence-electron chi connectivity index (χ0n) is 18.4. The van der Waals surface area contributed by atoms with E-state index in [1.54, 1.807) is 0 Å². The second-order valence-corrected chi connectivity index (χ2v) is 9.51. The van der Waals surface area contributed by atoms with Crippen molar-refractivity contribution in [1.82, 2.24) is 15.1 Å². The molecule has 0 radical (unpaired) electrons. The fourth-order valence-corrected chi connectivity index (χ4v) is 4.72. The number of ether oxygens (including phenoxy) is 1. The van der Waals surface area contributed by atoms with Gasteiger partial charge in [-0.15, -0.1) is 0 Å². The first-order valence-electron chi connectivity index (χ1n) is 11.4. The third kappa shape index (κ3) is 5.82. The van der Waals surface area contributed by atoms with Crippen molar-refractivity contribution in [2.24, 2.45) is 11.8 Å². The summed E-state index contributed by atoms with van der Waals surface area (Å²) in [5.74, 6) is 1.51. The first-order valence-corrected chi connectivity index (χ1v) is 11.4. The van der Waals surface area contributed by atoms with Crippen LogP contribution in [0.15, 0.2) is 18.2 Å². The summed E-state index contributed by atoms with van der Waals surface area (Å²) in [6.07, 6.45) is 5.01. The second-order valence-electron chi connectivity index (χ2n) is 9.51. The van der Waals surface area contributed by atoms with Crippen molar-refractivity contribution in [2.45, 2.75) is 45.6 Å². The average Bonchev–Trinajstić information content (AvgIpc) is 3.53. The third-order valence-electron chi connectivity index (χ3n) is 6.59. The summed E-state index contributed by atoms with van der Waals surface area (Å²) in [4.78, 5) is 29.4. The average molecular weight is 414 g/mol. The molecule has 1 aromatic carbocycles. The lowest BCUT2D eigenvalue weighted by Crippen LogP contribution is -2.52. The Morgan fingerprint density at radius 2 is 1.70 bits per heavy atom. The Labute approximate surface area is 179 Å². The van der Waals surface area contributed by atoms with Gasteiger partial charge in [0.15, 0.2) is 0 Å². The van der Waals surface area contributed by atoms with Crippen molar-refractivity contribution in [3.05, 3.63) is 34.9 Å². The van der Waals surface area contributed by atoms with Gasteiger partial charge in [-0.1, -0.05) is 17.2 Å². The van der Waals surface area contributed by atoms with Crippen LogP contribution in [0, 0.1) is 25.7 Å². The molecule has 2 aliphatic heterocycles. The van der Waals surface area contributed by atoms with E-state index >= 15 is 0 Å². The molecule has 1 aliphatic carbocycles. The van der Waals surface area contributed by atoms with Crippen molar-refractivity contribution < 1.29 is 14.3 Å². The summed E-state index contributed by atoms with van der Waals surface area (Å²) < 4.78 is 5.70. The summed E-state index contributed by atoms with van der Waals surface area (Å²) in [6, 6.07) is 5.85. The number of hydrogen-bond acceptors (Lipinski definition) is 4. The highest BCUT2D eigenvalue weighted by atomic mass is 16.5. The third-order valence-corrected chi connectivity index (χ3v) is 6.59. The number of nitrogens with one attached hydrogen (secondary N) is 1. The van der Waals surface area contributed by atoms with E-state index in [9.17, 15) is 9.59 Å². The van der Waals surface area contributed by atoms with E-state index < -0.39 is 0 Å². The van der Waals surface area contributed by atoms with Crippen LogP contribution in [0.3, 0.4) is 0 Å². The van der Waals surface area contributed by atoms with Crippen molar-refractivity contribution in [3.63, 3.8) is 0 Å². The molecule has 164 valence electrons. The molecule has 0 spiro atoms. The van der Waals surface area contributed by atoms with E-state index in [0.29, 0.717) is 24.6 Å². The van der Waals surface area contributed by atoms with Crippen LogP contribution in [-0.4, -0.2) is 73.6 Å². The lowest BCUT2D eigenvalue weighted by molar-refractivity contribution is -0.149. The Balaban J connectivity index is 1.23. The molecule has 1 atom stereocenters. The highest BCUT2D eigenvalue weighted by molar-refractivity contribution is 5.94.